The number of aliphatic hydroxyl groups is 1. The predicted octanol–water partition coefficient (Wildman–Crippen LogP) is 4.10. The average Bonchev–Trinajstić information content (AvgIpc) is 2.52. The van der Waals surface area contributed by atoms with Gasteiger partial charge in [0.05, 0.1) is 19.3 Å². The van der Waals surface area contributed by atoms with Crippen molar-refractivity contribution >= 4 is 0 Å². The number of hydrogen-bond acceptors (Lipinski definition) is 3. The zero-order chi connectivity index (χ0) is 15.1. The van der Waals surface area contributed by atoms with Crippen LogP contribution in [0.4, 0.5) is 0 Å². The third-order valence-electron chi connectivity index (χ3n) is 4.24. The summed E-state index contributed by atoms with van der Waals surface area (Å²) in [5, 5.41) is 10.2. The lowest BCUT2D eigenvalue weighted by molar-refractivity contribution is -0.0467. The molecule has 1 saturated carbocycles. The first-order valence-corrected chi connectivity index (χ1v) is 8.23. The molecule has 0 radical (unpaired) electrons. The second-order valence-corrected chi connectivity index (χ2v) is 6.07. The monoisotopic (exact) mass is 292 g/mol. The zero-order valence-electron chi connectivity index (χ0n) is 13.3. The van der Waals surface area contributed by atoms with Gasteiger partial charge in [0.2, 0.25) is 0 Å². The Bertz CT molecular complexity index is 401. The van der Waals surface area contributed by atoms with Crippen LogP contribution in [0.3, 0.4) is 0 Å². The van der Waals surface area contributed by atoms with Crippen molar-refractivity contribution in [2.24, 2.45) is 5.92 Å². The molecule has 0 aliphatic heterocycles. The summed E-state index contributed by atoms with van der Waals surface area (Å²) in [5.74, 6) is 1.46. The largest absolute Gasteiger partial charge is 0.494 e. The minimum Gasteiger partial charge on any atom is -0.494 e. The highest BCUT2D eigenvalue weighted by atomic mass is 16.5. The van der Waals surface area contributed by atoms with Crippen molar-refractivity contribution < 1.29 is 14.6 Å². The molecule has 1 aromatic carbocycles. The lowest BCUT2D eigenvalue weighted by Gasteiger charge is -2.29. The molecule has 1 N–H and O–H groups in total. The van der Waals surface area contributed by atoms with Crippen LogP contribution in [-0.2, 0) is 4.74 Å². The van der Waals surface area contributed by atoms with Gasteiger partial charge in [0, 0.05) is 0 Å². The zero-order valence-corrected chi connectivity index (χ0v) is 13.3. The molecule has 3 atom stereocenters. The van der Waals surface area contributed by atoms with E-state index in [1.807, 2.05) is 24.3 Å². The summed E-state index contributed by atoms with van der Waals surface area (Å²) < 4.78 is 11.5. The van der Waals surface area contributed by atoms with Crippen LogP contribution in [0.5, 0.6) is 5.75 Å². The van der Waals surface area contributed by atoms with E-state index in [0.717, 1.165) is 30.8 Å². The Kier molecular flexibility index (Phi) is 6.52. The molecule has 2 rings (SSSR count). The molecule has 3 nitrogen and oxygen atoms in total. The Morgan fingerprint density at radius 2 is 1.90 bits per heavy atom. The Labute approximate surface area is 128 Å². The summed E-state index contributed by atoms with van der Waals surface area (Å²) in [4.78, 5) is 0. The first-order valence-electron chi connectivity index (χ1n) is 8.23. The van der Waals surface area contributed by atoms with Gasteiger partial charge in [0.1, 0.15) is 11.9 Å². The summed E-state index contributed by atoms with van der Waals surface area (Å²) in [7, 11) is 0. The van der Waals surface area contributed by atoms with Gasteiger partial charge in [-0.1, -0.05) is 38.8 Å². The minimum atomic E-state index is -0.556. The first-order chi connectivity index (χ1) is 10.2. The van der Waals surface area contributed by atoms with Crippen molar-refractivity contribution in [1.82, 2.24) is 0 Å². The molecule has 3 heteroatoms. The smallest absolute Gasteiger partial charge is 0.119 e. The molecule has 118 valence electrons. The van der Waals surface area contributed by atoms with Gasteiger partial charge in [0.15, 0.2) is 0 Å². The fourth-order valence-electron chi connectivity index (χ4n) is 2.85. The first kappa shape index (κ1) is 16.3. The molecule has 0 aromatic heterocycles. The molecular weight excluding hydrogens is 264 g/mol. The molecule has 1 aromatic rings. The van der Waals surface area contributed by atoms with E-state index in [2.05, 4.69) is 13.8 Å². The van der Waals surface area contributed by atoms with Crippen molar-refractivity contribution in [3.05, 3.63) is 29.8 Å². The van der Waals surface area contributed by atoms with E-state index in [1.54, 1.807) is 0 Å². The maximum atomic E-state index is 10.2. The Morgan fingerprint density at radius 3 is 2.57 bits per heavy atom. The fraction of sp³-hybridized carbons (Fsp3) is 0.667. The maximum Gasteiger partial charge on any atom is 0.119 e. The second-order valence-electron chi connectivity index (χ2n) is 6.07. The molecule has 3 unspecified atom stereocenters. The van der Waals surface area contributed by atoms with Gasteiger partial charge in [-0.05, 0) is 42.9 Å². The normalized spacial score (nSPS) is 23.8. The van der Waals surface area contributed by atoms with Crippen molar-refractivity contribution in [1.29, 1.82) is 0 Å². The summed E-state index contributed by atoms with van der Waals surface area (Å²) in [5.41, 5.74) is 0.891. The van der Waals surface area contributed by atoms with E-state index in [4.69, 9.17) is 9.47 Å². The van der Waals surface area contributed by atoms with Crippen molar-refractivity contribution in [3.63, 3.8) is 0 Å². The van der Waals surface area contributed by atoms with Crippen molar-refractivity contribution in [2.45, 2.75) is 58.2 Å². The maximum absolute atomic E-state index is 10.2. The molecule has 1 aliphatic carbocycles. The Balaban J connectivity index is 1.80. The highest BCUT2D eigenvalue weighted by Gasteiger charge is 2.22. The topological polar surface area (TPSA) is 38.7 Å². The summed E-state index contributed by atoms with van der Waals surface area (Å²) in [6, 6.07) is 7.67. The number of rotatable bonds is 7. The van der Waals surface area contributed by atoms with Gasteiger partial charge >= 0.3 is 0 Å². The van der Waals surface area contributed by atoms with E-state index in [0.29, 0.717) is 18.6 Å². The van der Waals surface area contributed by atoms with E-state index in [1.165, 1.54) is 19.3 Å². The van der Waals surface area contributed by atoms with Gasteiger partial charge < -0.3 is 14.6 Å². The summed E-state index contributed by atoms with van der Waals surface area (Å²) in [6.07, 6.45) is 5.66. The molecule has 21 heavy (non-hydrogen) atoms. The average molecular weight is 292 g/mol. The SMILES string of the molecule is CCCOc1ccc(C(O)COC2CCCCC2C)cc1. The van der Waals surface area contributed by atoms with E-state index in [-0.39, 0.29) is 0 Å². The van der Waals surface area contributed by atoms with Crippen molar-refractivity contribution in [2.75, 3.05) is 13.2 Å². The van der Waals surface area contributed by atoms with Crippen LogP contribution < -0.4 is 4.74 Å². The van der Waals surface area contributed by atoms with Gasteiger partial charge in [-0.3, -0.25) is 0 Å². The molecule has 0 saturated heterocycles. The van der Waals surface area contributed by atoms with Crippen LogP contribution in [0.15, 0.2) is 24.3 Å². The molecule has 1 fully saturated rings. The third-order valence-corrected chi connectivity index (χ3v) is 4.24. The fourth-order valence-corrected chi connectivity index (χ4v) is 2.85. The quantitative estimate of drug-likeness (QED) is 0.822. The van der Waals surface area contributed by atoms with Crippen LogP contribution in [0.25, 0.3) is 0 Å². The van der Waals surface area contributed by atoms with Gasteiger partial charge in [0.25, 0.3) is 0 Å². The predicted molar refractivity (Wildman–Crippen MR) is 84.6 cm³/mol. The van der Waals surface area contributed by atoms with Crippen LogP contribution in [0, 0.1) is 5.92 Å². The number of hydrogen-bond donors (Lipinski definition) is 1. The van der Waals surface area contributed by atoms with Crippen LogP contribution in [0.1, 0.15) is 57.6 Å². The number of ether oxygens (including phenoxy) is 2. The molecule has 1 aliphatic rings. The number of aliphatic hydroxyl groups excluding tert-OH is 1. The second kappa shape index (κ2) is 8.40. The highest BCUT2D eigenvalue weighted by molar-refractivity contribution is 5.28. The van der Waals surface area contributed by atoms with E-state index < -0.39 is 6.10 Å². The molecule has 0 bridgehead atoms. The standard InChI is InChI=1S/C18H28O3/c1-3-12-20-16-10-8-15(9-11-16)17(19)13-21-18-7-5-4-6-14(18)2/h8-11,14,17-19H,3-7,12-13H2,1-2H3. The number of benzene rings is 1. The summed E-state index contributed by atoms with van der Waals surface area (Å²) in [6.45, 7) is 5.44. The molecular formula is C18H28O3. The van der Waals surface area contributed by atoms with Gasteiger partial charge in [-0.2, -0.15) is 0 Å². The van der Waals surface area contributed by atoms with E-state index >= 15 is 0 Å². The molecule has 0 heterocycles. The molecule has 0 amide bonds. The van der Waals surface area contributed by atoms with Gasteiger partial charge in [-0.25, -0.2) is 0 Å². The third kappa shape index (κ3) is 5.01. The van der Waals surface area contributed by atoms with Crippen LogP contribution >= 0.6 is 0 Å². The Hall–Kier alpha value is -1.06. The highest BCUT2D eigenvalue weighted by Crippen LogP contribution is 2.27. The van der Waals surface area contributed by atoms with Gasteiger partial charge in [-0.15, -0.1) is 0 Å². The molecule has 0 spiro atoms. The van der Waals surface area contributed by atoms with E-state index in [9.17, 15) is 5.11 Å². The minimum absolute atomic E-state index is 0.306. The lowest BCUT2D eigenvalue weighted by atomic mass is 9.88. The lowest BCUT2D eigenvalue weighted by Crippen LogP contribution is -2.27. The Morgan fingerprint density at radius 1 is 1.19 bits per heavy atom. The van der Waals surface area contributed by atoms with Crippen LogP contribution in [0.2, 0.25) is 0 Å². The summed E-state index contributed by atoms with van der Waals surface area (Å²) >= 11 is 0. The van der Waals surface area contributed by atoms with Crippen molar-refractivity contribution in [3.8, 4) is 5.75 Å². The van der Waals surface area contributed by atoms with Crippen LogP contribution in [-0.4, -0.2) is 24.4 Å².